The van der Waals surface area contributed by atoms with Crippen LogP contribution in [0.4, 0.5) is 9.59 Å². The fourth-order valence-electron chi connectivity index (χ4n) is 5.60. The summed E-state index contributed by atoms with van der Waals surface area (Å²) in [5.74, 6) is -2.33. The Kier molecular flexibility index (Phi) is 21.7. The molecule has 0 heterocycles. The number of aliphatic hydroxyl groups is 1. The molecule has 0 saturated carbocycles. The van der Waals surface area contributed by atoms with Gasteiger partial charge in [0.2, 0.25) is 23.6 Å². The summed E-state index contributed by atoms with van der Waals surface area (Å²) >= 11 is 0. The zero-order valence-electron chi connectivity index (χ0n) is 33.6. The molecule has 56 heavy (non-hydrogen) atoms. The van der Waals surface area contributed by atoms with E-state index in [-0.39, 0.29) is 13.2 Å². The summed E-state index contributed by atoms with van der Waals surface area (Å²) in [5, 5.41) is 27.5. The molecule has 0 aliphatic heterocycles. The van der Waals surface area contributed by atoms with Crippen molar-refractivity contribution in [3.63, 3.8) is 0 Å². The number of aliphatic hydroxyl groups excluding tert-OH is 1. The van der Waals surface area contributed by atoms with E-state index in [2.05, 4.69) is 31.9 Å². The molecule has 0 spiro atoms. The van der Waals surface area contributed by atoms with Gasteiger partial charge in [0.15, 0.2) is 0 Å². The van der Waals surface area contributed by atoms with Crippen LogP contribution in [0, 0.1) is 0 Å². The highest BCUT2D eigenvalue weighted by Crippen LogP contribution is 2.16. The van der Waals surface area contributed by atoms with E-state index in [0.717, 1.165) is 36.8 Å². The van der Waals surface area contributed by atoms with Crippen LogP contribution in [0.15, 0.2) is 60.7 Å². The van der Waals surface area contributed by atoms with E-state index in [0.29, 0.717) is 25.7 Å². The van der Waals surface area contributed by atoms with Crippen molar-refractivity contribution < 1.29 is 43.3 Å². The zero-order valence-corrected chi connectivity index (χ0v) is 33.6. The van der Waals surface area contributed by atoms with Gasteiger partial charge in [0.05, 0.1) is 18.2 Å². The number of carbonyl (C=O) groups excluding carboxylic acids is 6. The number of benzene rings is 2. The van der Waals surface area contributed by atoms with Crippen molar-refractivity contribution >= 4 is 35.8 Å². The average Bonchev–Trinajstić information content (AvgIpc) is 3.18. The molecule has 0 aliphatic rings. The summed E-state index contributed by atoms with van der Waals surface area (Å²) < 4.78 is 10.4. The summed E-state index contributed by atoms with van der Waals surface area (Å²) in [6.07, 6.45) is 2.88. The molecule has 2 aromatic rings. The number of hydrogen-bond donors (Lipinski definition) is 7. The Labute approximate surface area is 330 Å². The number of nitrogens with one attached hydrogen (secondary N) is 6. The third-order valence-electron chi connectivity index (χ3n) is 9.10. The Morgan fingerprint density at radius 1 is 0.500 bits per heavy atom. The molecular weight excluding hydrogens is 720 g/mol. The molecule has 15 heteroatoms. The smallest absolute Gasteiger partial charge is 0.408 e. The predicted molar refractivity (Wildman–Crippen MR) is 212 cm³/mol. The molecule has 2 unspecified atom stereocenters. The first kappa shape index (κ1) is 47.0. The second-order valence-electron chi connectivity index (χ2n) is 14.0. The minimum atomic E-state index is -1.21. The zero-order chi connectivity index (χ0) is 41.5. The Bertz CT molecular complexity index is 1400. The van der Waals surface area contributed by atoms with Gasteiger partial charge in [0, 0.05) is 0 Å². The summed E-state index contributed by atoms with van der Waals surface area (Å²) in [5.41, 5.74) is 1.57. The lowest BCUT2D eigenvalue weighted by Gasteiger charge is -2.33. The van der Waals surface area contributed by atoms with Gasteiger partial charge in [-0.05, 0) is 51.7 Å². The van der Waals surface area contributed by atoms with Gasteiger partial charge in [-0.15, -0.1) is 0 Å². The van der Waals surface area contributed by atoms with Gasteiger partial charge in [0.1, 0.15) is 37.4 Å². The quantitative estimate of drug-likeness (QED) is 0.0763. The van der Waals surface area contributed by atoms with E-state index in [4.69, 9.17) is 9.47 Å². The van der Waals surface area contributed by atoms with Gasteiger partial charge in [-0.1, -0.05) is 113 Å². The van der Waals surface area contributed by atoms with E-state index >= 15 is 0 Å². The Hall–Kier alpha value is -5.18. The minimum absolute atomic E-state index is 0.0274. The second kappa shape index (κ2) is 25.8. The SMILES string of the molecule is CCCCCC(NC(=O)[C@H](C)NC(=O)[C@H](C)NC(=O)OCc1ccccc1)C(O)C(CCCCC)NC(=O)[C@H](C)NC(=O)[C@H](C)NC(=O)OCc1ccccc1. The predicted octanol–water partition coefficient (Wildman–Crippen LogP) is 4.12. The standard InChI is InChI=1S/C41H62N6O9/c1-7-9-13-23-33(46-38(51)27(3)42-36(49)29(5)44-40(53)55-25-31-19-15-11-16-20-31)35(48)34(24-14-10-8-2)47-39(52)28(4)43-37(50)30(6)45-41(54)56-26-32-21-17-12-18-22-32/h11-12,15-22,27-30,33-35,48H,7-10,13-14,23-26H2,1-6H3,(H,42,49)(H,43,50)(H,44,53)(H,45,54)(H,46,51)(H,47,52)/t27-,28-,29-,30-,33?,34?,35?/m0/s1. The maximum Gasteiger partial charge on any atom is 0.408 e. The van der Waals surface area contributed by atoms with Gasteiger partial charge in [-0.3, -0.25) is 19.2 Å². The van der Waals surface area contributed by atoms with Gasteiger partial charge in [-0.2, -0.15) is 0 Å². The average molecular weight is 783 g/mol. The number of amides is 6. The molecule has 310 valence electrons. The third-order valence-corrected chi connectivity index (χ3v) is 9.10. The van der Waals surface area contributed by atoms with Crippen LogP contribution in [0.2, 0.25) is 0 Å². The number of rotatable bonds is 24. The summed E-state index contributed by atoms with van der Waals surface area (Å²) in [4.78, 5) is 77.1. The number of alkyl carbamates (subject to hydrolysis) is 2. The lowest BCUT2D eigenvalue weighted by Crippen LogP contribution is -2.59. The van der Waals surface area contributed by atoms with Crippen molar-refractivity contribution in [1.29, 1.82) is 0 Å². The highest BCUT2D eigenvalue weighted by Gasteiger charge is 2.33. The minimum Gasteiger partial charge on any atom is -0.445 e. The fourth-order valence-corrected chi connectivity index (χ4v) is 5.60. The van der Waals surface area contributed by atoms with Gasteiger partial charge in [0.25, 0.3) is 0 Å². The van der Waals surface area contributed by atoms with Gasteiger partial charge < -0.3 is 46.5 Å². The van der Waals surface area contributed by atoms with Crippen molar-refractivity contribution in [1.82, 2.24) is 31.9 Å². The van der Waals surface area contributed by atoms with E-state index in [9.17, 15) is 33.9 Å². The van der Waals surface area contributed by atoms with Crippen molar-refractivity contribution in [2.75, 3.05) is 0 Å². The molecule has 6 amide bonds. The Balaban J connectivity index is 2.00. The molecule has 0 aromatic heterocycles. The molecule has 0 radical (unpaired) electrons. The monoisotopic (exact) mass is 782 g/mol. The molecule has 2 aromatic carbocycles. The molecule has 2 rings (SSSR count). The van der Waals surface area contributed by atoms with E-state index in [1.54, 1.807) is 24.3 Å². The molecule has 0 bridgehead atoms. The Morgan fingerprint density at radius 2 is 0.821 bits per heavy atom. The van der Waals surface area contributed by atoms with Crippen LogP contribution in [-0.4, -0.2) is 83.3 Å². The van der Waals surface area contributed by atoms with Crippen LogP contribution in [0.3, 0.4) is 0 Å². The van der Waals surface area contributed by atoms with Crippen molar-refractivity contribution in [3.8, 4) is 0 Å². The number of ether oxygens (including phenoxy) is 2. The molecular formula is C41H62N6O9. The maximum absolute atomic E-state index is 13.4. The lowest BCUT2D eigenvalue weighted by atomic mass is 9.93. The maximum atomic E-state index is 13.4. The normalized spacial score (nSPS) is 14.6. The molecule has 7 N–H and O–H groups in total. The first-order valence-corrected chi connectivity index (χ1v) is 19.6. The second-order valence-corrected chi connectivity index (χ2v) is 14.0. The van der Waals surface area contributed by atoms with Crippen LogP contribution < -0.4 is 31.9 Å². The summed E-state index contributed by atoms with van der Waals surface area (Å²) in [6, 6.07) is 12.5. The molecule has 0 saturated heterocycles. The van der Waals surface area contributed by atoms with Crippen LogP contribution in [0.25, 0.3) is 0 Å². The molecule has 15 nitrogen and oxygen atoms in total. The summed E-state index contributed by atoms with van der Waals surface area (Å²) in [6.45, 7) is 10.0. The molecule has 0 fully saturated rings. The molecule has 6 atom stereocenters. The number of carbonyl (C=O) groups is 6. The largest absolute Gasteiger partial charge is 0.445 e. The van der Waals surface area contributed by atoms with E-state index in [1.807, 2.05) is 50.2 Å². The van der Waals surface area contributed by atoms with Crippen LogP contribution in [0.5, 0.6) is 0 Å². The van der Waals surface area contributed by atoms with Crippen molar-refractivity contribution in [2.24, 2.45) is 0 Å². The van der Waals surface area contributed by atoms with Crippen LogP contribution in [-0.2, 0) is 41.9 Å². The van der Waals surface area contributed by atoms with E-state index in [1.165, 1.54) is 27.7 Å². The fraction of sp³-hybridized carbons (Fsp3) is 0.561. The van der Waals surface area contributed by atoms with Crippen molar-refractivity contribution in [2.45, 2.75) is 148 Å². The highest BCUT2D eigenvalue weighted by atomic mass is 16.6. The summed E-state index contributed by atoms with van der Waals surface area (Å²) in [7, 11) is 0. The Morgan fingerprint density at radius 3 is 1.16 bits per heavy atom. The van der Waals surface area contributed by atoms with E-state index < -0.39 is 78.2 Å². The first-order chi connectivity index (χ1) is 26.7. The van der Waals surface area contributed by atoms with Gasteiger partial charge >= 0.3 is 12.2 Å². The van der Waals surface area contributed by atoms with Crippen LogP contribution in [0.1, 0.15) is 104 Å². The lowest BCUT2D eigenvalue weighted by molar-refractivity contribution is -0.131. The number of unbranched alkanes of at least 4 members (excludes halogenated alkanes) is 4. The van der Waals surface area contributed by atoms with Crippen LogP contribution >= 0.6 is 0 Å². The highest BCUT2D eigenvalue weighted by molar-refractivity contribution is 5.92. The third kappa shape index (κ3) is 18.0. The first-order valence-electron chi connectivity index (χ1n) is 19.6. The number of hydrogen-bond acceptors (Lipinski definition) is 9. The van der Waals surface area contributed by atoms with Gasteiger partial charge in [-0.25, -0.2) is 9.59 Å². The molecule has 0 aliphatic carbocycles. The topological polar surface area (TPSA) is 213 Å². The van der Waals surface area contributed by atoms with Crippen molar-refractivity contribution in [3.05, 3.63) is 71.8 Å².